The summed E-state index contributed by atoms with van der Waals surface area (Å²) in [7, 11) is 1.62. The Balaban J connectivity index is 1.56. The van der Waals surface area contributed by atoms with Crippen molar-refractivity contribution in [2.45, 2.75) is 26.7 Å². The number of ether oxygens (including phenoxy) is 2. The molecular weight excluding hydrogens is 402 g/mol. The van der Waals surface area contributed by atoms with E-state index in [9.17, 15) is 13.6 Å². The topological polar surface area (TPSA) is 50.8 Å². The quantitative estimate of drug-likeness (QED) is 0.564. The molecule has 0 radical (unpaired) electrons. The van der Waals surface area contributed by atoms with Gasteiger partial charge in [-0.1, -0.05) is 24.3 Å². The van der Waals surface area contributed by atoms with Gasteiger partial charge in [-0.2, -0.15) is 0 Å². The summed E-state index contributed by atoms with van der Waals surface area (Å²) < 4.78 is 38.5. The molecule has 31 heavy (non-hydrogen) atoms. The van der Waals surface area contributed by atoms with Crippen LogP contribution in [0.4, 0.5) is 25.0 Å². The Labute approximate surface area is 179 Å². The van der Waals surface area contributed by atoms with Gasteiger partial charge >= 0.3 is 6.03 Å². The summed E-state index contributed by atoms with van der Waals surface area (Å²) in [6.45, 7) is 2.49. The lowest BCUT2D eigenvalue weighted by atomic mass is 10.1. The Hall–Kier alpha value is -3.45. The Kier molecular flexibility index (Phi) is 5.86. The third kappa shape index (κ3) is 4.36. The van der Waals surface area contributed by atoms with Gasteiger partial charge in [-0.05, 0) is 47.9 Å². The lowest BCUT2D eigenvalue weighted by Gasteiger charge is -2.31. The highest BCUT2D eigenvalue weighted by Crippen LogP contribution is 2.33. The highest BCUT2D eigenvalue weighted by molar-refractivity contribution is 6.04. The number of carbonyl (C=O) groups excluding carboxylic acids is 1. The van der Waals surface area contributed by atoms with Crippen molar-refractivity contribution in [3.63, 3.8) is 0 Å². The Morgan fingerprint density at radius 3 is 2.55 bits per heavy atom. The van der Waals surface area contributed by atoms with Crippen LogP contribution in [0.5, 0.6) is 5.75 Å². The van der Waals surface area contributed by atoms with E-state index in [1.807, 2.05) is 31.2 Å². The minimum absolute atomic E-state index is 0.138. The number of halogens is 2. The molecule has 0 spiro atoms. The molecule has 1 N–H and O–H groups in total. The maximum Gasteiger partial charge on any atom is 0.326 e. The van der Waals surface area contributed by atoms with Crippen molar-refractivity contribution in [3.8, 4) is 5.75 Å². The van der Waals surface area contributed by atoms with Crippen molar-refractivity contribution in [1.82, 2.24) is 0 Å². The molecule has 3 aromatic rings. The standard InChI is InChI=1S/C24H22F2N2O3/c1-15-6-9-18(31-14-19-20(25)4-3-5-21(19)26)11-23(15)28-12-17-8-7-16(13-30-2)10-22(17)27-24(28)29/h3-11H,12-14H2,1-2H3,(H,27,29). The zero-order valence-corrected chi connectivity index (χ0v) is 17.2. The summed E-state index contributed by atoms with van der Waals surface area (Å²) in [6.07, 6.45) is 0. The zero-order chi connectivity index (χ0) is 22.0. The number of methoxy groups -OCH3 is 1. The van der Waals surface area contributed by atoms with Crippen LogP contribution in [0, 0.1) is 18.6 Å². The highest BCUT2D eigenvalue weighted by Gasteiger charge is 2.25. The molecule has 0 unspecified atom stereocenters. The minimum Gasteiger partial charge on any atom is -0.489 e. The molecular formula is C24H22F2N2O3. The van der Waals surface area contributed by atoms with Crippen molar-refractivity contribution in [3.05, 3.63) is 88.5 Å². The smallest absolute Gasteiger partial charge is 0.326 e. The lowest BCUT2D eigenvalue weighted by Crippen LogP contribution is -2.39. The number of nitrogens with one attached hydrogen (secondary N) is 1. The van der Waals surface area contributed by atoms with Gasteiger partial charge in [0.15, 0.2) is 0 Å². The van der Waals surface area contributed by atoms with Crippen LogP contribution in [0.15, 0.2) is 54.6 Å². The fourth-order valence-corrected chi connectivity index (χ4v) is 3.55. The van der Waals surface area contributed by atoms with Gasteiger partial charge in [0.25, 0.3) is 0 Å². The van der Waals surface area contributed by atoms with Crippen LogP contribution in [0.25, 0.3) is 0 Å². The number of fused-ring (bicyclic) bond motifs is 1. The molecule has 5 nitrogen and oxygen atoms in total. The number of rotatable bonds is 6. The van der Waals surface area contributed by atoms with E-state index in [0.717, 1.165) is 22.4 Å². The molecule has 0 saturated carbocycles. The van der Waals surface area contributed by atoms with E-state index >= 15 is 0 Å². The third-order valence-electron chi connectivity index (χ3n) is 5.22. The number of nitrogens with zero attached hydrogens (tertiary/aromatic N) is 1. The maximum absolute atomic E-state index is 13.9. The molecule has 1 heterocycles. The molecule has 0 aliphatic carbocycles. The molecule has 0 atom stereocenters. The van der Waals surface area contributed by atoms with E-state index in [1.165, 1.54) is 18.2 Å². The zero-order valence-electron chi connectivity index (χ0n) is 17.2. The van der Waals surface area contributed by atoms with Crippen molar-refractivity contribution < 1.29 is 23.0 Å². The highest BCUT2D eigenvalue weighted by atomic mass is 19.1. The third-order valence-corrected chi connectivity index (χ3v) is 5.22. The summed E-state index contributed by atoms with van der Waals surface area (Å²) in [5.41, 5.74) is 4.10. The van der Waals surface area contributed by atoms with Crippen molar-refractivity contribution in [1.29, 1.82) is 0 Å². The summed E-state index contributed by atoms with van der Waals surface area (Å²) in [5, 5.41) is 2.92. The number of hydrogen-bond donors (Lipinski definition) is 1. The molecule has 2 amide bonds. The molecule has 160 valence electrons. The maximum atomic E-state index is 13.9. The van der Waals surface area contributed by atoms with Crippen LogP contribution in [-0.4, -0.2) is 13.1 Å². The van der Waals surface area contributed by atoms with E-state index < -0.39 is 11.6 Å². The predicted molar refractivity (Wildman–Crippen MR) is 114 cm³/mol. The van der Waals surface area contributed by atoms with E-state index in [2.05, 4.69) is 5.32 Å². The monoisotopic (exact) mass is 424 g/mol. The van der Waals surface area contributed by atoms with E-state index in [-0.39, 0.29) is 18.2 Å². The Bertz CT molecular complexity index is 1110. The van der Waals surface area contributed by atoms with Crippen molar-refractivity contribution >= 4 is 17.4 Å². The fourth-order valence-electron chi connectivity index (χ4n) is 3.55. The van der Waals surface area contributed by atoms with Crippen LogP contribution in [-0.2, 0) is 24.5 Å². The number of urea groups is 1. The predicted octanol–water partition coefficient (Wildman–Crippen LogP) is 5.55. The summed E-state index contributed by atoms with van der Waals surface area (Å²) >= 11 is 0. The SMILES string of the molecule is COCc1ccc2c(c1)NC(=O)N(c1cc(OCc3c(F)cccc3F)ccc1C)C2. The van der Waals surface area contributed by atoms with E-state index in [0.29, 0.717) is 24.6 Å². The molecule has 1 aliphatic heterocycles. The van der Waals surface area contributed by atoms with Gasteiger partial charge in [0, 0.05) is 18.9 Å². The number of hydrogen-bond acceptors (Lipinski definition) is 3. The number of anilines is 2. The fraction of sp³-hybridized carbons (Fsp3) is 0.208. The molecule has 0 saturated heterocycles. The Morgan fingerprint density at radius 2 is 1.81 bits per heavy atom. The molecule has 0 aromatic heterocycles. The first-order valence-corrected chi connectivity index (χ1v) is 9.82. The van der Waals surface area contributed by atoms with Crippen molar-refractivity contribution in [2.75, 3.05) is 17.3 Å². The second-order valence-electron chi connectivity index (χ2n) is 7.38. The lowest BCUT2D eigenvalue weighted by molar-refractivity contribution is 0.185. The Morgan fingerprint density at radius 1 is 1.03 bits per heavy atom. The average molecular weight is 424 g/mol. The molecule has 3 aromatic carbocycles. The van der Waals surface area contributed by atoms with Gasteiger partial charge in [-0.3, -0.25) is 4.90 Å². The van der Waals surface area contributed by atoms with E-state index in [4.69, 9.17) is 9.47 Å². The summed E-state index contributed by atoms with van der Waals surface area (Å²) in [6, 6.07) is 14.5. The summed E-state index contributed by atoms with van der Waals surface area (Å²) in [5.74, 6) is -0.906. The molecule has 1 aliphatic rings. The van der Waals surface area contributed by atoms with Crippen molar-refractivity contribution in [2.24, 2.45) is 0 Å². The molecule has 0 bridgehead atoms. The van der Waals surface area contributed by atoms with Gasteiger partial charge in [0.2, 0.25) is 0 Å². The second kappa shape index (κ2) is 8.73. The first-order chi connectivity index (χ1) is 15.0. The van der Waals surface area contributed by atoms with Crippen LogP contribution >= 0.6 is 0 Å². The molecule has 4 rings (SSSR count). The normalized spacial score (nSPS) is 13.0. The van der Waals surface area contributed by atoms with Gasteiger partial charge in [-0.15, -0.1) is 0 Å². The van der Waals surface area contributed by atoms with Crippen LogP contribution in [0.3, 0.4) is 0 Å². The van der Waals surface area contributed by atoms with Crippen LogP contribution < -0.4 is 15.0 Å². The van der Waals surface area contributed by atoms with Crippen LogP contribution in [0.1, 0.15) is 22.3 Å². The molecule has 0 fully saturated rings. The minimum atomic E-state index is -0.660. The number of amides is 2. The largest absolute Gasteiger partial charge is 0.489 e. The van der Waals surface area contributed by atoms with Crippen LogP contribution in [0.2, 0.25) is 0 Å². The summed E-state index contributed by atoms with van der Waals surface area (Å²) in [4.78, 5) is 14.4. The molecule has 7 heteroatoms. The van der Waals surface area contributed by atoms with E-state index in [1.54, 1.807) is 24.1 Å². The van der Waals surface area contributed by atoms with Gasteiger partial charge < -0.3 is 14.8 Å². The van der Waals surface area contributed by atoms with Gasteiger partial charge in [-0.25, -0.2) is 13.6 Å². The van der Waals surface area contributed by atoms with Gasteiger partial charge in [0.1, 0.15) is 24.0 Å². The first kappa shape index (κ1) is 20.8. The number of carbonyl (C=O) groups is 1. The van der Waals surface area contributed by atoms with Gasteiger partial charge in [0.05, 0.1) is 24.4 Å². The average Bonchev–Trinajstić information content (AvgIpc) is 2.74. The number of benzene rings is 3. The number of aryl methyl sites for hydroxylation is 1. The first-order valence-electron chi connectivity index (χ1n) is 9.82. The second-order valence-corrected chi connectivity index (χ2v) is 7.38.